The topological polar surface area (TPSA) is 58.6 Å². The number of hydrogen-bond donors (Lipinski definition) is 2. The number of nitrogens with one attached hydrogen (secondary N) is 1. The first-order valence-corrected chi connectivity index (χ1v) is 7.92. The van der Waals surface area contributed by atoms with E-state index in [0.717, 1.165) is 5.56 Å². The highest BCUT2D eigenvalue weighted by Crippen LogP contribution is 2.22. The molecule has 0 heterocycles. The molecule has 2 N–H and O–H groups in total. The van der Waals surface area contributed by atoms with Crippen LogP contribution in [0, 0.1) is 11.6 Å². The fourth-order valence-electron chi connectivity index (χ4n) is 2.26. The maximum Gasteiger partial charge on any atom is 0.257 e. The smallest absolute Gasteiger partial charge is 0.257 e. The summed E-state index contributed by atoms with van der Waals surface area (Å²) < 4.78 is 32.3. The molecule has 0 saturated heterocycles. The van der Waals surface area contributed by atoms with Gasteiger partial charge in [0.25, 0.3) is 5.91 Å². The summed E-state index contributed by atoms with van der Waals surface area (Å²) in [5, 5.41) is 12.4. The molecule has 2 aromatic carbocycles. The maximum atomic E-state index is 13.5. The van der Waals surface area contributed by atoms with Crippen molar-refractivity contribution in [3.8, 4) is 5.75 Å². The van der Waals surface area contributed by atoms with E-state index in [0.29, 0.717) is 5.75 Å². The number of aliphatic hydroxyl groups is 1. The third-order valence-corrected chi connectivity index (χ3v) is 3.69. The molecule has 0 aliphatic rings. The zero-order valence-electron chi connectivity index (χ0n) is 14.2. The molecule has 0 spiro atoms. The number of carbonyl (C=O) groups is 1. The van der Waals surface area contributed by atoms with Gasteiger partial charge in [-0.3, -0.25) is 4.79 Å². The molecule has 134 valence electrons. The average Bonchev–Trinajstić information content (AvgIpc) is 2.55. The van der Waals surface area contributed by atoms with Gasteiger partial charge in [-0.2, -0.15) is 0 Å². The number of rotatable bonds is 7. The Morgan fingerprint density at radius 3 is 2.28 bits per heavy atom. The first-order chi connectivity index (χ1) is 11.8. The second-order valence-electron chi connectivity index (χ2n) is 6.17. The summed E-state index contributed by atoms with van der Waals surface area (Å²) >= 11 is 0. The van der Waals surface area contributed by atoms with E-state index in [1.165, 1.54) is 18.2 Å². The molecule has 0 fully saturated rings. The van der Waals surface area contributed by atoms with Gasteiger partial charge in [-0.05, 0) is 50.1 Å². The third-order valence-electron chi connectivity index (χ3n) is 3.69. The Kier molecular flexibility index (Phi) is 6.09. The lowest BCUT2D eigenvalue weighted by Crippen LogP contribution is -2.30. The number of carbonyl (C=O) groups excluding carboxylic acids is 1. The van der Waals surface area contributed by atoms with Crippen molar-refractivity contribution in [2.45, 2.75) is 25.9 Å². The first kappa shape index (κ1) is 18.9. The molecule has 0 aliphatic carbocycles. The van der Waals surface area contributed by atoms with Crippen LogP contribution in [0.4, 0.5) is 8.78 Å². The summed E-state index contributed by atoms with van der Waals surface area (Å²) in [6.45, 7) is 3.25. The van der Waals surface area contributed by atoms with Gasteiger partial charge in [-0.25, -0.2) is 8.78 Å². The van der Waals surface area contributed by atoms with Crippen molar-refractivity contribution in [1.82, 2.24) is 5.32 Å². The average molecular weight is 349 g/mol. The van der Waals surface area contributed by atoms with Crippen LogP contribution in [0.1, 0.15) is 25.0 Å². The van der Waals surface area contributed by atoms with Crippen molar-refractivity contribution in [3.05, 3.63) is 65.2 Å². The largest absolute Gasteiger partial charge is 0.484 e. The van der Waals surface area contributed by atoms with Crippen molar-refractivity contribution in [3.63, 3.8) is 0 Å². The van der Waals surface area contributed by atoms with Crippen LogP contribution in [-0.4, -0.2) is 24.2 Å². The molecule has 25 heavy (non-hydrogen) atoms. The summed E-state index contributed by atoms with van der Waals surface area (Å²) in [6.07, 6.45) is 0.0600. The van der Waals surface area contributed by atoms with Gasteiger partial charge >= 0.3 is 0 Å². The highest BCUT2D eigenvalue weighted by atomic mass is 19.1. The van der Waals surface area contributed by atoms with Gasteiger partial charge in [0.2, 0.25) is 0 Å². The zero-order chi connectivity index (χ0) is 18.4. The number of halogens is 2. The monoisotopic (exact) mass is 349 g/mol. The van der Waals surface area contributed by atoms with E-state index in [1.54, 1.807) is 38.1 Å². The fourth-order valence-corrected chi connectivity index (χ4v) is 2.26. The quantitative estimate of drug-likeness (QED) is 0.808. The molecule has 0 radical (unpaired) electrons. The number of hydrogen-bond acceptors (Lipinski definition) is 3. The van der Waals surface area contributed by atoms with E-state index in [4.69, 9.17) is 4.74 Å². The van der Waals surface area contributed by atoms with Crippen molar-refractivity contribution in [1.29, 1.82) is 0 Å². The molecule has 0 bridgehead atoms. The molecule has 0 saturated carbocycles. The Balaban J connectivity index is 1.77. The first-order valence-electron chi connectivity index (χ1n) is 7.92. The van der Waals surface area contributed by atoms with Crippen LogP contribution in [0.2, 0.25) is 0 Å². The normalized spacial score (nSPS) is 11.2. The van der Waals surface area contributed by atoms with Gasteiger partial charge < -0.3 is 15.2 Å². The van der Waals surface area contributed by atoms with Gasteiger partial charge in [-0.1, -0.05) is 18.2 Å². The molecule has 2 aromatic rings. The van der Waals surface area contributed by atoms with E-state index in [-0.39, 0.29) is 31.0 Å². The summed E-state index contributed by atoms with van der Waals surface area (Å²) in [5.74, 6) is -1.15. The Bertz CT molecular complexity index is 704. The van der Waals surface area contributed by atoms with E-state index in [1.807, 2.05) is 0 Å². The van der Waals surface area contributed by atoms with E-state index in [9.17, 15) is 18.7 Å². The third kappa shape index (κ3) is 5.53. The second-order valence-corrected chi connectivity index (χ2v) is 6.17. The van der Waals surface area contributed by atoms with Crippen LogP contribution >= 0.6 is 0 Å². The lowest BCUT2D eigenvalue weighted by Gasteiger charge is -2.17. The number of benzene rings is 2. The Morgan fingerprint density at radius 1 is 1.12 bits per heavy atom. The van der Waals surface area contributed by atoms with Crippen LogP contribution in [0.15, 0.2) is 42.5 Å². The molecule has 0 aliphatic heterocycles. The standard InChI is InChI=1S/C19H21F2NO3/c1-19(2,24)13-6-8-14(9-7-13)25-12-18(23)22-11-10-15-16(20)4-3-5-17(15)21/h3-9,24H,10-12H2,1-2H3,(H,22,23). The van der Waals surface area contributed by atoms with Crippen molar-refractivity contribution in [2.75, 3.05) is 13.2 Å². The van der Waals surface area contributed by atoms with Gasteiger partial charge in [0.1, 0.15) is 17.4 Å². The minimum atomic E-state index is -0.947. The van der Waals surface area contributed by atoms with Gasteiger partial charge in [0, 0.05) is 12.1 Å². The van der Waals surface area contributed by atoms with Crippen LogP contribution < -0.4 is 10.1 Å². The number of ether oxygens (including phenoxy) is 1. The van der Waals surface area contributed by atoms with Gasteiger partial charge in [0.15, 0.2) is 6.61 Å². The van der Waals surface area contributed by atoms with Gasteiger partial charge in [-0.15, -0.1) is 0 Å². The minimum Gasteiger partial charge on any atom is -0.484 e. The molecule has 0 aromatic heterocycles. The predicted octanol–water partition coefficient (Wildman–Crippen LogP) is 2.93. The maximum absolute atomic E-state index is 13.5. The van der Waals surface area contributed by atoms with Gasteiger partial charge in [0.05, 0.1) is 5.60 Å². The molecule has 0 atom stereocenters. The van der Waals surface area contributed by atoms with Crippen LogP contribution in [0.3, 0.4) is 0 Å². The zero-order valence-corrected chi connectivity index (χ0v) is 14.2. The summed E-state index contributed by atoms with van der Waals surface area (Å²) in [4.78, 5) is 11.7. The van der Waals surface area contributed by atoms with Crippen LogP contribution in [0.5, 0.6) is 5.75 Å². The summed E-state index contributed by atoms with van der Waals surface area (Å²) in [5.41, 5.74) is -0.264. The SMILES string of the molecule is CC(C)(O)c1ccc(OCC(=O)NCCc2c(F)cccc2F)cc1. The Hall–Kier alpha value is -2.47. The van der Waals surface area contributed by atoms with Crippen molar-refractivity contribution >= 4 is 5.91 Å². The highest BCUT2D eigenvalue weighted by Gasteiger charge is 2.15. The second kappa shape index (κ2) is 8.07. The minimum absolute atomic E-state index is 0.0501. The molecular formula is C19H21F2NO3. The molecular weight excluding hydrogens is 328 g/mol. The fraction of sp³-hybridized carbons (Fsp3) is 0.316. The summed E-state index contributed by atoms with van der Waals surface area (Å²) in [7, 11) is 0. The number of amides is 1. The Morgan fingerprint density at radius 2 is 1.72 bits per heavy atom. The van der Waals surface area contributed by atoms with Crippen LogP contribution in [0.25, 0.3) is 0 Å². The van der Waals surface area contributed by atoms with E-state index in [2.05, 4.69) is 5.32 Å². The molecule has 0 unspecified atom stereocenters. The predicted molar refractivity (Wildman–Crippen MR) is 90.3 cm³/mol. The molecule has 2 rings (SSSR count). The molecule has 4 nitrogen and oxygen atoms in total. The van der Waals surface area contributed by atoms with Crippen molar-refractivity contribution < 1.29 is 23.4 Å². The van der Waals surface area contributed by atoms with E-state index >= 15 is 0 Å². The van der Waals surface area contributed by atoms with Crippen LogP contribution in [-0.2, 0) is 16.8 Å². The lowest BCUT2D eigenvalue weighted by molar-refractivity contribution is -0.123. The Labute approximate surface area is 145 Å². The molecule has 6 heteroatoms. The van der Waals surface area contributed by atoms with E-state index < -0.39 is 17.2 Å². The van der Waals surface area contributed by atoms with Crippen molar-refractivity contribution in [2.24, 2.45) is 0 Å². The lowest BCUT2D eigenvalue weighted by atomic mass is 9.99. The highest BCUT2D eigenvalue weighted by molar-refractivity contribution is 5.77. The molecule has 1 amide bonds. The summed E-state index contributed by atoms with van der Waals surface area (Å²) in [6, 6.07) is 10.4.